The van der Waals surface area contributed by atoms with Gasteiger partial charge in [-0.2, -0.15) is 5.10 Å². The van der Waals surface area contributed by atoms with E-state index in [1.807, 2.05) is 17.0 Å². The summed E-state index contributed by atoms with van der Waals surface area (Å²) in [5.74, 6) is 2.04. The van der Waals surface area contributed by atoms with Crippen molar-refractivity contribution in [3.63, 3.8) is 0 Å². The van der Waals surface area contributed by atoms with E-state index in [0.29, 0.717) is 13.1 Å². The summed E-state index contributed by atoms with van der Waals surface area (Å²) in [5.41, 5.74) is 3.24. The molecule has 7 heteroatoms. The van der Waals surface area contributed by atoms with Gasteiger partial charge in [-0.1, -0.05) is 6.07 Å². The number of anilines is 2. The molecule has 1 fully saturated rings. The number of hydrogen-bond donors (Lipinski definition) is 2. The van der Waals surface area contributed by atoms with Crippen molar-refractivity contribution in [2.45, 2.75) is 38.8 Å². The van der Waals surface area contributed by atoms with E-state index in [0.717, 1.165) is 73.9 Å². The Labute approximate surface area is 152 Å². The lowest BCUT2D eigenvalue weighted by molar-refractivity contribution is -0.135. The van der Waals surface area contributed by atoms with Crippen LogP contribution in [-0.2, 0) is 24.3 Å². The van der Waals surface area contributed by atoms with E-state index < -0.39 is 0 Å². The summed E-state index contributed by atoms with van der Waals surface area (Å²) in [5, 5.41) is 10.8. The third-order valence-corrected chi connectivity index (χ3v) is 5.79. The number of H-pyrrole nitrogens is 1. The van der Waals surface area contributed by atoms with E-state index in [9.17, 15) is 4.79 Å². The lowest BCUT2D eigenvalue weighted by Gasteiger charge is -2.21. The molecule has 3 aliphatic heterocycles. The van der Waals surface area contributed by atoms with E-state index in [-0.39, 0.29) is 11.8 Å². The Hall–Kier alpha value is -2.41. The van der Waals surface area contributed by atoms with E-state index in [1.54, 1.807) is 0 Å². The van der Waals surface area contributed by atoms with Gasteiger partial charge in [0.1, 0.15) is 5.82 Å². The van der Waals surface area contributed by atoms with Gasteiger partial charge in [0.05, 0.1) is 24.7 Å². The van der Waals surface area contributed by atoms with Crippen LogP contribution in [-0.4, -0.2) is 50.5 Å². The summed E-state index contributed by atoms with van der Waals surface area (Å²) in [6.45, 7) is 4.28. The number of carbonyl (C=O) groups excluding carboxylic acids is 1. The van der Waals surface area contributed by atoms with Crippen LogP contribution in [0.2, 0.25) is 0 Å². The molecule has 0 aromatic carbocycles. The van der Waals surface area contributed by atoms with Gasteiger partial charge >= 0.3 is 0 Å². The van der Waals surface area contributed by atoms with Gasteiger partial charge in [-0.25, -0.2) is 4.98 Å². The molecule has 2 aromatic heterocycles. The molecule has 1 amide bonds. The molecule has 2 unspecified atom stereocenters. The highest BCUT2D eigenvalue weighted by Crippen LogP contribution is 2.31. The monoisotopic (exact) mass is 352 g/mol. The molecule has 6 bridgehead atoms. The molecular formula is C19H24N6O. The summed E-state index contributed by atoms with van der Waals surface area (Å²) in [4.78, 5) is 22.1. The molecule has 5 rings (SSSR count). The predicted octanol–water partition coefficient (Wildman–Crippen LogP) is 2.05. The quantitative estimate of drug-likeness (QED) is 0.759. The fourth-order valence-electron chi connectivity index (χ4n) is 4.35. The molecule has 26 heavy (non-hydrogen) atoms. The van der Waals surface area contributed by atoms with Crippen LogP contribution in [0.15, 0.2) is 18.2 Å². The lowest BCUT2D eigenvalue weighted by Crippen LogP contribution is -2.34. The van der Waals surface area contributed by atoms with Gasteiger partial charge < -0.3 is 15.1 Å². The third-order valence-electron chi connectivity index (χ3n) is 5.79. The van der Waals surface area contributed by atoms with E-state index in [4.69, 9.17) is 4.98 Å². The molecule has 136 valence electrons. The standard InChI is InChI=1S/C19H24N6O/c26-19-13-7-9-24(10-13)8-2-1-4-14-5-3-6-17(20-14)21-18-15-11-25(19)12-16(15)22-23-18/h3,5-6,13H,1-2,4,7-12H2,(H2,20,21,22,23). The largest absolute Gasteiger partial charge is 0.332 e. The molecule has 0 saturated carbocycles. The van der Waals surface area contributed by atoms with Crippen molar-refractivity contribution < 1.29 is 4.79 Å². The fraction of sp³-hybridized carbons (Fsp3) is 0.526. The number of nitrogens with one attached hydrogen (secondary N) is 2. The number of hydrogen-bond acceptors (Lipinski definition) is 5. The number of carbonyl (C=O) groups is 1. The van der Waals surface area contributed by atoms with Crippen molar-refractivity contribution in [3.05, 3.63) is 35.2 Å². The molecular weight excluding hydrogens is 328 g/mol. The Morgan fingerprint density at radius 1 is 1.15 bits per heavy atom. The Morgan fingerprint density at radius 2 is 2.12 bits per heavy atom. The zero-order valence-electron chi connectivity index (χ0n) is 14.9. The van der Waals surface area contributed by atoms with Crippen LogP contribution in [0, 0.1) is 5.92 Å². The SMILES string of the molecule is O=C1C2CCN(CCCCc3cccc(n3)Nc3n[nH]c4c3CN1C4)C2. The van der Waals surface area contributed by atoms with Crippen LogP contribution >= 0.6 is 0 Å². The first-order valence-electron chi connectivity index (χ1n) is 9.56. The number of fused-ring (bicyclic) bond motifs is 5. The zero-order chi connectivity index (χ0) is 17.5. The topological polar surface area (TPSA) is 77.1 Å². The Bertz CT molecular complexity index is 831. The first-order valence-corrected chi connectivity index (χ1v) is 9.56. The fourth-order valence-corrected chi connectivity index (χ4v) is 4.35. The smallest absolute Gasteiger partial charge is 0.227 e. The number of amides is 1. The second-order valence-corrected chi connectivity index (χ2v) is 7.61. The number of aromatic amines is 1. The summed E-state index contributed by atoms with van der Waals surface area (Å²) >= 11 is 0. The average Bonchev–Trinajstić information content (AvgIpc) is 3.35. The first kappa shape index (κ1) is 15.8. The zero-order valence-corrected chi connectivity index (χ0v) is 14.9. The predicted molar refractivity (Wildman–Crippen MR) is 97.8 cm³/mol. The van der Waals surface area contributed by atoms with Gasteiger partial charge in [-0.15, -0.1) is 0 Å². The first-order chi connectivity index (χ1) is 12.8. The average molecular weight is 352 g/mol. The Kier molecular flexibility index (Phi) is 3.89. The second-order valence-electron chi connectivity index (χ2n) is 7.61. The molecule has 5 heterocycles. The van der Waals surface area contributed by atoms with Crippen LogP contribution in [0.5, 0.6) is 0 Å². The van der Waals surface area contributed by atoms with Crippen LogP contribution in [0.4, 0.5) is 11.6 Å². The second kappa shape index (κ2) is 6.39. The van der Waals surface area contributed by atoms with Crippen molar-refractivity contribution in [1.82, 2.24) is 25.0 Å². The molecule has 1 saturated heterocycles. The number of pyridine rings is 1. The number of aromatic nitrogens is 3. The van der Waals surface area contributed by atoms with Crippen molar-refractivity contribution in [2.24, 2.45) is 5.92 Å². The van der Waals surface area contributed by atoms with Crippen LogP contribution < -0.4 is 5.32 Å². The lowest BCUT2D eigenvalue weighted by atomic mass is 10.1. The highest BCUT2D eigenvalue weighted by molar-refractivity contribution is 5.80. The molecule has 2 N–H and O–H groups in total. The minimum absolute atomic E-state index is 0.144. The van der Waals surface area contributed by atoms with Gasteiger partial charge in [-0.05, 0) is 50.9 Å². The van der Waals surface area contributed by atoms with Crippen molar-refractivity contribution in [3.8, 4) is 0 Å². The van der Waals surface area contributed by atoms with Gasteiger partial charge in [0.2, 0.25) is 5.91 Å². The van der Waals surface area contributed by atoms with Crippen LogP contribution in [0.25, 0.3) is 0 Å². The normalized spacial score (nSPS) is 25.4. The summed E-state index contributed by atoms with van der Waals surface area (Å²) in [6.07, 6.45) is 4.24. The maximum absolute atomic E-state index is 12.9. The minimum atomic E-state index is 0.144. The molecule has 2 aromatic rings. The molecule has 2 atom stereocenters. The van der Waals surface area contributed by atoms with E-state index >= 15 is 0 Å². The van der Waals surface area contributed by atoms with Crippen LogP contribution in [0.3, 0.4) is 0 Å². The summed E-state index contributed by atoms with van der Waals surface area (Å²) < 4.78 is 0. The molecule has 0 aliphatic carbocycles. The number of aryl methyl sites for hydroxylation is 1. The molecule has 0 radical (unpaired) electrons. The molecule has 7 nitrogen and oxygen atoms in total. The summed E-state index contributed by atoms with van der Waals surface area (Å²) in [7, 11) is 0. The molecule has 3 aliphatic rings. The van der Waals surface area contributed by atoms with Gasteiger partial charge in [0, 0.05) is 17.8 Å². The number of nitrogens with zero attached hydrogens (tertiary/aromatic N) is 4. The van der Waals surface area contributed by atoms with Gasteiger partial charge in [0.15, 0.2) is 5.82 Å². The van der Waals surface area contributed by atoms with Crippen molar-refractivity contribution >= 4 is 17.5 Å². The van der Waals surface area contributed by atoms with E-state index in [1.165, 1.54) is 0 Å². The summed E-state index contributed by atoms with van der Waals surface area (Å²) in [6, 6.07) is 6.11. The maximum atomic E-state index is 12.9. The van der Waals surface area contributed by atoms with Crippen molar-refractivity contribution in [2.75, 3.05) is 25.0 Å². The Balaban J connectivity index is 1.45. The third kappa shape index (κ3) is 2.86. The highest BCUT2D eigenvalue weighted by atomic mass is 16.2. The Morgan fingerprint density at radius 3 is 3.08 bits per heavy atom. The van der Waals surface area contributed by atoms with E-state index in [2.05, 4.69) is 26.5 Å². The maximum Gasteiger partial charge on any atom is 0.227 e. The minimum Gasteiger partial charge on any atom is -0.332 e. The molecule has 0 spiro atoms. The highest BCUT2D eigenvalue weighted by Gasteiger charge is 2.35. The number of rotatable bonds is 0. The van der Waals surface area contributed by atoms with Crippen LogP contribution in [0.1, 0.15) is 36.2 Å². The van der Waals surface area contributed by atoms with Gasteiger partial charge in [-0.3, -0.25) is 9.89 Å². The van der Waals surface area contributed by atoms with Crippen molar-refractivity contribution in [1.29, 1.82) is 0 Å². The van der Waals surface area contributed by atoms with Gasteiger partial charge in [0.25, 0.3) is 0 Å².